The summed E-state index contributed by atoms with van der Waals surface area (Å²) in [5.74, 6) is 2.22. The molecule has 29 heavy (non-hydrogen) atoms. The van der Waals surface area contributed by atoms with Gasteiger partial charge in [-0.25, -0.2) is 9.50 Å². The number of benzene rings is 1. The Kier molecular flexibility index (Phi) is 5.24. The van der Waals surface area contributed by atoms with Gasteiger partial charge in [-0.3, -0.25) is 4.79 Å². The van der Waals surface area contributed by atoms with E-state index in [4.69, 9.17) is 19.2 Å². The van der Waals surface area contributed by atoms with Gasteiger partial charge in [0.15, 0.2) is 11.5 Å². The number of fused-ring (bicyclic) bond motifs is 1. The zero-order valence-corrected chi connectivity index (χ0v) is 16.8. The van der Waals surface area contributed by atoms with Crippen molar-refractivity contribution in [2.75, 3.05) is 27.4 Å². The van der Waals surface area contributed by atoms with Gasteiger partial charge in [0.25, 0.3) is 0 Å². The highest BCUT2D eigenvalue weighted by atomic mass is 16.5. The molecule has 1 atom stereocenters. The van der Waals surface area contributed by atoms with Crippen molar-refractivity contribution in [3.63, 3.8) is 0 Å². The molecular weight excluding hydrogens is 372 g/mol. The molecule has 0 saturated carbocycles. The molecule has 3 aromatic rings. The number of carbonyl (C=O) groups is 1. The van der Waals surface area contributed by atoms with Gasteiger partial charge >= 0.3 is 0 Å². The second-order valence-electron chi connectivity index (χ2n) is 7.13. The van der Waals surface area contributed by atoms with E-state index in [0.717, 1.165) is 23.2 Å². The van der Waals surface area contributed by atoms with Crippen LogP contribution in [-0.2, 0) is 4.79 Å². The number of hydrogen-bond donors (Lipinski definition) is 1. The first-order valence-electron chi connectivity index (χ1n) is 9.56. The fourth-order valence-corrected chi connectivity index (χ4v) is 3.52. The quantitative estimate of drug-likeness (QED) is 0.661. The maximum absolute atomic E-state index is 11.4. The van der Waals surface area contributed by atoms with Crippen LogP contribution in [-0.4, -0.2) is 47.9 Å². The summed E-state index contributed by atoms with van der Waals surface area (Å²) in [6.45, 7) is 3.13. The van der Waals surface area contributed by atoms with E-state index in [1.54, 1.807) is 18.7 Å². The minimum Gasteiger partial charge on any atom is -0.493 e. The molecule has 1 saturated heterocycles. The summed E-state index contributed by atoms with van der Waals surface area (Å²) < 4.78 is 18.5. The Hall–Kier alpha value is -3.29. The van der Waals surface area contributed by atoms with E-state index in [1.165, 1.54) is 0 Å². The molecule has 4 rings (SSSR count). The highest BCUT2D eigenvalue weighted by molar-refractivity contribution is 5.78. The Morgan fingerprint density at radius 2 is 2.03 bits per heavy atom. The Bertz CT molecular complexity index is 1050. The van der Waals surface area contributed by atoms with Gasteiger partial charge in [-0.15, -0.1) is 0 Å². The number of nitrogens with one attached hydrogen (secondary N) is 1. The molecular formula is C21H24N4O4. The van der Waals surface area contributed by atoms with E-state index in [9.17, 15) is 4.79 Å². The number of rotatable bonds is 7. The van der Waals surface area contributed by atoms with Crippen LogP contribution in [0.25, 0.3) is 16.8 Å². The lowest BCUT2D eigenvalue weighted by Crippen LogP contribution is -2.14. The van der Waals surface area contributed by atoms with Crippen LogP contribution >= 0.6 is 0 Å². The number of aryl methyl sites for hydroxylation is 1. The number of ether oxygens (including phenoxy) is 3. The highest BCUT2D eigenvalue weighted by Crippen LogP contribution is 2.33. The van der Waals surface area contributed by atoms with Gasteiger partial charge in [0.1, 0.15) is 5.52 Å². The molecule has 1 N–H and O–H groups in total. The number of methoxy groups -OCH3 is 2. The third-order valence-corrected chi connectivity index (χ3v) is 5.05. The predicted molar refractivity (Wildman–Crippen MR) is 107 cm³/mol. The summed E-state index contributed by atoms with van der Waals surface area (Å²) in [7, 11) is 3.21. The van der Waals surface area contributed by atoms with Crippen molar-refractivity contribution in [3.8, 4) is 28.6 Å². The molecule has 1 aliphatic heterocycles. The molecule has 3 heterocycles. The average Bonchev–Trinajstić information content (AvgIpc) is 3.31. The molecule has 1 fully saturated rings. The Labute approximate surface area is 168 Å². The van der Waals surface area contributed by atoms with Crippen LogP contribution in [0.4, 0.5) is 0 Å². The first-order valence-corrected chi connectivity index (χ1v) is 9.56. The Morgan fingerprint density at radius 1 is 1.21 bits per heavy atom. The van der Waals surface area contributed by atoms with Crippen molar-refractivity contribution in [3.05, 3.63) is 36.2 Å². The van der Waals surface area contributed by atoms with Crippen LogP contribution in [0.1, 0.15) is 18.5 Å². The number of nitrogens with zero attached hydrogens (tertiary/aromatic N) is 3. The molecule has 1 aromatic carbocycles. The minimum atomic E-state index is 0.109. The lowest BCUT2D eigenvalue weighted by atomic mass is 10.1. The molecule has 0 spiro atoms. The highest BCUT2D eigenvalue weighted by Gasteiger charge is 2.21. The summed E-state index contributed by atoms with van der Waals surface area (Å²) in [5, 5.41) is 7.37. The van der Waals surface area contributed by atoms with Crippen molar-refractivity contribution < 1.29 is 19.0 Å². The summed E-state index contributed by atoms with van der Waals surface area (Å²) in [6.07, 6.45) is 3.22. The summed E-state index contributed by atoms with van der Waals surface area (Å²) >= 11 is 0. The first kappa shape index (κ1) is 19.0. The van der Waals surface area contributed by atoms with Gasteiger partial charge in [-0.05, 0) is 43.5 Å². The van der Waals surface area contributed by atoms with Crippen LogP contribution in [0.3, 0.4) is 0 Å². The molecule has 0 aliphatic carbocycles. The zero-order valence-electron chi connectivity index (χ0n) is 16.8. The lowest BCUT2D eigenvalue weighted by Gasteiger charge is -2.12. The van der Waals surface area contributed by atoms with E-state index in [1.807, 2.05) is 37.4 Å². The third-order valence-electron chi connectivity index (χ3n) is 5.05. The summed E-state index contributed by atoms with van der Waals surface area (Å²) in [5.41, 5.74) is 3.28. The summed E-state index contributed by atoms with van der Waals surface area (Å²) in [6, 6.07) is 7.59. The predicted octanol–water partition coefficient (Wildman–Crippen LogP) is 2.63. The number of hydrogen-bond acceptors (Lipinski definition) is 6. The monoisotopic (exact) mass is 396 g/mol. The Morgan fingerprint density at radius 3 is 2.76 bits per heavy atom. The van der Waals surface area contributed by atoms with Gasteiger partial charge < -0.3 is 19.5 Å². The van der Waals surface area contributed by atoms with Crippen molar-refractivity contribution >= 4 is 11.4 Å². The average molecular weight is 396 g/mol. The molecule has 152 valence electrons. The fraction of sp³-hybridized carbons (Fsp3) is 0.381. The van der Waals surface area contributed by atoms with Crippen molar-refractivity contribution in [1.82, 2.24) is 19.9 Å². The van der Waals surface area contributed by atoms with Crippen LogP contribution in [0, 0.1) is 12.8 Å². The number of aromatic nitrogens is 3. The van der Waals surface area contributed by atoms with Crippen molar-refractivity contribution in [2.24, 2.45) is 5.92 Å². The van der Waals surface area contributed by atoms with E-state index < -0.39 is 0 Å². The second-order valence-corrected chi connectivity index (χ2v) is 7.13. The van der Waals surface area contributed by atoms with Gasteiger partial charge in [-0.1, -0.05) is 0 Å². The summed E-state index contributed by atoms with van der Waals surface area (Å²) in [4.78, 5) is 16.1. The third kappa shape index (κ3) is 3.96. The van der Waals surface area contributed by atoms with E-state index in [0.29, 0.717) is 48.6 Å². The van der Waals surface area contributed by atoms with Crippen LogP contribution in [0.15, 0.2) is 30.5 Å². The number of carbonyl (C=O) groups excluding carboxylic acids is 1. The van der Waals surface area contributed by atoms with E-state index >= 15 is 0 Å². The van der Waals surface area contributed by atoms with E-state index in [2.05, 4.69) is 10.4 Å². The molecule has 1 aliphatic rings. The normalized spacial score (nSPS) is 16.1. The standard InChI is InChI=1S/C21H24N4O4/c1-13-8-17-21(29-7-6-14-9-20(26)22-11-14)23-16(12-25(17)24-13)15-4-5-18(27-2)19(10-15)28-3/h4-5,8,10,12,14H,6-7,9,11H2,1-3H3,(H,22,26)/t14-/m1/s1. The van der Waals surface area contributed by atoms with Crippen molar-refractivity contribution in [2.45, 2.75) is 19.8 Å². The largest absolute Gasteiger partial charge is 0.493 e. The van der Waals surface area contributed by atoms with Gasteiger partial charge in [0.2, 0.25) is 11.8 Å². The molecule has 8 nitrogen and oxygen atoms in total. The molecule has 8 heteroatoms. The molecule has 0 unspecified atom stereocenters. The van der Waals surface area contributed by atoms with Crippen molar-refractivity contribution in [1.29, 1.82) is 0 Å². The smallest absolute Gasteiger partial charge is 0.240 e. The molecule has 2 aromatic heterocycles. The lowest BCUT2D eigenvalue weighted by molar-refractivity contribution is -0.119. The molecule has 0 radical (unpaired) electrons. The topological polar surface area (TPSA) is 87.0 Å². The van der Waals surface area contributed by atoms with Crippen LogP contribution in [0.2, 0.25) is 0 Å². The van der Waals surface area contributed by atoms with Gasteiger partial charge in [0.05, 0.1) is 38.4 Å². The fourth-order valence-electron chi connectivity index (χ4n) is 3.52. The molecule has 1 amide bonds. The molecule has 0 bridgehead atoms. The van der Waals surface area contributed by atoms with Crippen LogP contribution in [0.5, 0.6) is 17.4 Å². The second kappa shape index (κ2) is 7.98. The van der Waals surface area contributed by atoms with Gasteiger partial charge in [-0.2, -0.15) is 5.10 Å². The maximum Gasteiger partial charge on any atom is 0.240 e. The first-order chi connectivity index (χ1) is 14.1. The zero-order chi connectivity index (χ0) is 20.4. The Balaban J connectivity index is 1.62. The van der Waals surface area contributed by atoms with Gasteiger partial charge in [0, 0.05) is 18.5 Å². The minimum absolute atomic E-state index is 0.109. The van der Waals surface area contributed by atoms with E-state index in [-0.39, 0.29) is 5.91 Å². The van der Waals surface area contributed by atoms with Crippen LogP contribution < -0.4 is 19.5 Å². The SMILES string of the molecule is COc1ccc(-c2cn3nc(C)cc3c(OCC[C@H]3CNC(=O)C3)n2)cc1OC. The maximum atomic E-state index is 11.4. The number of amides is 1.